The number of benzene rings is 1. The van der Waals surface area contributed by atoms with Crippen LogP contribution in [0.4, 0.5) is 5.95 Å². The summed E-state index contributed by atoms with van der Waals surface area (Å²) in [6.45, 7) is 3.75. The Morgan fingerprint density at radius 1 is 1.10 bits per heavy atom. The lowest BCUT2D eigenvalue weighted by atomic mass is 10.2. The summed E-state index contributed by atoms with van der Waals surface area (Å²) in [5.41, 5.74) is 1.80. The van der Waals surface area contributed by atoms with Crippen LogP contribution >= 0.6 is 22.6 Å². The van der Waals surface area contributed by atoms with Gasteiger partial charge in [-0.2, -0.15) is 0 Å². The van der Waals surface area contributed by atoms with Gasteiger partial charge in [-0.3, -0.25) is 4.57 Å². The first kappa shape index (κ1) is 19.8. The number of nitrogens with zero attached hydrogens (tertiary/aromatic N) is 9. The maximum atomic E-state index is 5.26. The van der Waals surface area contributed by atoms with E-state index in [1.54, 1.807) is 18.1 Å². The average Bonchev–Trinajstić information content (AvgIpc) is 3.46. The van der Waals surface area contributed by atoms with Crippen LogP contribution in [-0.2, 0) is 6.54 Å². The van der Waals surface area contributed by atoms with Crippen molar-refractivity contribution < 1.29 is 4.74 Å². The van der Waals surface area contributed by atoms with E-state index in [0.717, 1.165) is 46.1 Å². The van der Waals surface area contributed by atoms with Gasteiger partial charge in [0, 0.05) is 34.5 Å². The molecule has 0 spiro atoms. The third-order valence-corrected chi connectivity index (χ3v) is 5.95. The van der Waals surface area contributed by atoms with Gasteiger partial charge in [-0.1, -0.05) is 6.07 Å². The molecule has 4 heterocycles. The van der Waals surface area contributed by atoms with Crippen LogP contribution in [0.15, 0.2) is 42.6 Å². The van der Waals surface area contributed by atoms with Gasteiger partial charge in [-0.15, -0.1) is 25.2 Å². The van der Waals surface area contributed by atoms with Crippen LogP contribution in [0.3, 0.4) is 0 Å². The predicted octanol–water partition coefficient (Wildman–Crippen LogP) is 2.90. The van der Waals surface area contributed by atoms with Gasteiger partial charge < -0.3 is 9.64 Å². The Morgan fingerprint density at radius 3 is 2.84 bits per heavy atom. The Balaban J connectivity index is 1.45. The highest BCUT2D eigenvalue weighted by Gasteiger charge is 2.29. The summed E-state index contributed by atoms with van der Waals surface area (Å²) in [6, 6.07) is 11.7. The molecule has 1 aliphatic rings. The van der Waals surface area contributed by atoms with E-state index >= 15 is 0 Å². The number of tetrazole rings is 1. The van der Waals surface area contributed by atoms with Gasteiger partial charge in [0.25, 0.3) is 0 Å². The molecule has 4 aromatic rings. The Hall–Kier alpha value is -3.09. The predicted molar refractivity (Wildman–Crippen MR) is 122 cm³/mol. The fraction of sp³-hybridized carbons (Fsp3) is 0.300. The van der Waals surface area contributed by atoms with Crippen molar-refractivity contribution in [2.45, 2.75) is 25.9 Å². The number of pyridine rings is 1. The number of anilines is 1. The minimum absolute atomic E-state index is 0.0976. The highest BCUT2D eigenvalue weighted by Crippen LogP contribution is 2.31. The highest BCUT2D eigenvalue weighted by molar-refractivity contribution is 14.1. The van der Waals surface area contributed by atoms with Gasteiger partial charge in [-0.25, -0.2) is 4.98 Å². The van der Waals surface area contributed by atoms with E-state index in [1.165, 1.54) is 0 Å². The van der Waals surface area contributed by atoms with Gasteiger partial charge in [0.2, 0.25) is 11.8 Å². The summed E-state index contributed by atoms with van der Waals surface area (Å²) in [5.74, 6) is 2.79. The number of hydrogen-bond donors (Lipinski definition) is 0. The van der Waals surface area contributed by atoms with Gasteiger partial charge in [0.1, 0.15) is 0 Å². The standard InChI is InChI=1S/C20H20IN9O/c1-13(18-23-27-30(26-18)16-6-3-5-15(21)12-16)28-9-4-10-29-19(24-25-20(28)29)14-7-8-22-17(11-14)31-2/h3,5-8,11-13H,4,9-10H2,1-2H3. The fourth-order valence-corrected chi connectivity index (χ4v) is 4.22. The molecule has 0 amide bonds. The molecule has 0 bridgehead atoms. The monoisotopic (exact) mass is 529 g/mol. The molecule has 0 aliphatic carbocycles. The van der Waals surface area contributed by atoms with E-state index in [9.17, 15) is 0 Å². The Bertz CT molecular complexity index is 1220. The maximum Gasteiger partial charge on any atom is 0.228 e. The van der Waals surface area contributed by atoms with Crippen LogP contribution in [0.2, 0.25) is 0 Å². The van der Waals surface area contributed by atoms with Crippen LogP contribution in [0.25, 0.3) is 17.1 Å². The lowest BCUT2D eigenvalue weighted by molar-refractivity contribution is 0.398. The highest BCUT2D eigenvalue weighted by atomic mass is 127. The van der Waals surface area contributed by atoms with E-state index in [1.807, 2.05) is 36.4 Å². The average molecular weight is 529 g/mol. The zero-order chi connectivity index (χ0) is 21.4. The summed E-state index contributed by atoms with van der Waals surface area (Å²) in [5, 5.41) is 22.1. The van der Waals surface area contributed by atoms with Gasteiger partial charge in [0.15, 0.2) is 11.6 Å². The summed E-state index contributed by atoms with van der Waals surface area (Å²) in [4.78, 5) is 7.92. The van der Waals surface area contributed by atoms with Crippen molar-refractivity contribution in [1.82, 2.24) is 40.0 Å². The first-order valence-corrected chi connectivity index (χ1v) is 11.0. The lowest BCUT2D eigenvalue weighted by Gasteiger charge is -2.32. The van der Waals surface area contributed by atoms with Crippen molar-refractivity contribution in [3.8, 4) is 23.0 Å². The molecule has 1 aromatic carbocycles. The SMILES string of the molecule is COc1cc(-c2nnc3n2CCCN3C(C)c2nnn(-c3cccc(I)c3)n2)ccn1. The molecule has 31 heavy (non-hydrogen) atoms. The number of methoxy groups -OCH3 is 1. The zero-order valence-electron chi connectivity index (χ0n) is 17.1. The maximum absolute atomic E-state index is 5.26. The first-order valence-electron chi connectivity index (χ1n) is 9.90. The van der Waals surface area contributed by atoms with Crippen molar-refractivity contribution in [2.75, 3.05) is 18.6 Å². The Morgan fingerprint density at radius 2 is 2.00 bits per heavy atom. The van der Waals surface area contributed by atoms with Crippen molar-refractivity contribution in [3.63, 3.8) is 0 Å². The van der Waals surface area contributed by atoms with E-state index in [2.05, 4.69) is 69.6 Å². The molecule has 1 atom stereocenters. The third kappa shape index (κ3) is 3.73. The van der Waals surface area contributed by atoms with Crippen LogP contribution < -0.4 is 9.64 Å². The number of halogens is 1. The van der Waals surface area contributed by atoms with Crippen molar-refractivity contribution in [2.24, 2.45) is 0 Å². The van der Waals surface area contributed by atoms with Gasteiger partial charge in [-0.05, 0) is 65.4 Å². The summed E-state index contributed by atoms with van der Waals surface area (Å²) in [6.07, 6.45) is 2.68. The minimum atomic E-state index is -0.0976. The molecule has 3 aromatic heterocycles. The molecular formula is C20H20IN9O. The molecule has 11 heteroatoms. The van der Waals surface area contributed by atoms with E-state index in [-0.39, 0.29) is 6.04 Å². The van der Waals surface area contributed by atoms with Crippen molar-refractivity contribution in [3.05, 3.63) is 52.0 Å². The smallest absolute Gasteiger partial charge is 0.228 e. The van der Waals surface area contributed by atoms with Crippen LogP contribution in [0, 0.1) is 3.57 Å². The second-order valence-corrected chi connectivity index (χ2v) is 8.45. The number of aromatic nitrogens is 8. The molecule has 10 nitrogen and oxygen atoms in total. The molecule has 1 unspecified atom stereocenters. The molecule has 5 rings (SSSR count). The van der Waals surface area contributed by atoms with Crippen LogP contribution in [0.5, 0.6) is 5.88 Å². The lowest BCUT2D eigenvalue weighted by Crippen LogP contribution is -2.35. The summed E-state index contributed by atoms with van der Waals surface area (Å²) < 4.78 is 8.50. The zero-order valence-corrected chi connectivity index (χ0v) is 19.2. The number of fused-ring (bicyclic) bond motifs is 1. The van der Waals surface area contributed by atoms with E-state index in [4.69, 9.17) is 4.74 Å². The Kier molecular flexibility index (Phi) is 5.26. The molecular weight excluding hydrogens is 509 g/mol. The Labute approximate surface area is 192 Å². The second kappa shape index (κ2) is 8.21. The van der Waals surface area contributed by atoms with Crippen molar-refractivity contribution in [1.29, 1.82) is 0 Å². The summed E-state index contributed by atoms with van der Waals surface area (Å²) >= 11 is 2.27. The number of hydrogen-bond acceptors (Lipinski definition) is 8. The van der Waals surface area contributed by atoms with E-state index < -0.39 is 0 Å². The summed E-state index contributed by atoms with van der Waals surface area (Å²) in [7, 11) is 1.60. The third-order valence-electron chi connectivity index (χ3n) is 5.28. The first-order chi connectivity index (χ1) is 15.1. The van der Waals surface area contributed by atoms with E-state index in [0.29, 0.717) is 11.7 Å². The molecule has 0 saturated carbocycles. The second-order valence-electron chi connectivity index (χ2n) is 7.20. The molecule has 1 aliphatic heterocycles. The van der Waals surface area contributed by atoms with Gasteiger partial charge >= 0.3 is 0 Å². The molecule has 0 radical (unpaired) electrons. The topological polar surface area (TPSA) is 99.7 Å². The number of ether oxygens (including phenoxy) is 1. The van der Waals surface area contributed by atoms with Gasteiger partial charge in [0.05, 0.1) is 18.8 Å². The van der Waals surface area contributed by atoms with Crippen LogP contribution in [0.1, 0.15) is 25.2 Å². The van der Waals surface area contributed by atoms with Crippen LogP contribution in [-0.4, -0.2) is 53.6 Å². The minimum Gasteiger partial charge on any atom is -0.481 e. The molecule has 0 saturated heterocycles. The fourth-order valence-electron chi connectivity index (χ4n) is 3.69. The largest absolute Gasteiger partial charge is 0.481 e. The molecule has 0 N–H and O–H groups in total. The molecule has 0 fully saturated rings. The molecule has 158 valence electrons. The normalized spacial score (nSPS) is 14.4. The number of rotatable bonds is 5. The van der Waals surface area contributed by atoms with Crippen molar-refractivity contribution >= 4 is 28.5 Å². The quantitative estimate of drug-likeness (QED) is 0.364.